The number of likely N-dealkylation sites (N-methyl/N-ethyl adjacent to an activating group) is 1. The molecule has 1 aromatic carbocycles. The number of hydrogen-bond acceptors (Lipinski definition) is 6. The second-order valence-electron chi connectivity index (χ2n) is 7.39. The number of likely N-dealkylation sites (tertiary alicyclic amines) is 1. The fourth-order valence-corrected chi connectivity index (χ4v) is 4.22. The van der Waals surface area contributed by atoms with E-state index in [1.54, 1.807) is 37.2 Å². The first kappa shape index (κ1) is 22.8. The predicted molar refractivity (Wildman–Crippen MR) is 118 cm³/mol. The molecule has 1 aliphatic heterocycles. The molecule has 2 aromatic rings. The van der Waals surface area contributed by atoms with Crippen molar-refractivity contribution in [2.45, 2.75) is 29.7 Å². The van der Waals surface area contributed by atoms with Crippen LogP contribution in [0.2, 0.25) is 0 Å². The van der Waals surface area contributed by atoms with Gasteiger partial charge in [-0.1, -0.05) is 17.8 Å². The molecule has 0 N–H and O–H groups in total. The predicted octanol–water partition coefficient (Wildman–Crippen LogP) is 3.11. The highest BCUT2D eigenvalue weighted by atomic mass is 32.2. The van der Waals surface area contributed by atoms with Crippen LogP contribution in [0.3, 0.4) is 0 Å². The molecule has 1 aliphatic rings. The molecule has 1 aromatic heterocycles. The van der Waals surface area contributed by atoms with E-state index in [0.29, 0.717) is 25.3 Å². The fraction of sp³-hybridized carbons (Fsp3) is 0.391. The monoisotopic (exact) mass is 441 g/mol. The third-order valence-electron chi connectivity index (χ3n) is 5.07. The highest BCUT2D eigenvalue weighted by Crippen LogP contribution is 2.26. The topological polar surface area (TPSA) is 79.8 Å². The molecule has 31 heavy (non-hydrogen) atoms. The van der Waals surface area contributed by atoms with Crippen LogP contribution in [0.15, 0.2) is 58.6 Å². The van der Waals surface area contributed by atoms with Crippen LogP contribution in [0.25, 0.3) is 0 Å². The van der Waals surface area contributed by atoms with Crippen molar-refractivity contribution < 1.29 is 19.1 Å². The van der Waals surface area contributed by atoms with Gasteiger partial charge in [-0.15, -0.1) is 0 Å². The Labute approximate surface area is 186 Å². The Balaban J connectivity index is 1.54. The van der Waals surface area contributed by atoms with Gasteiger partial charge in [0.15, 0.2) is 0 Å². The molecule has 1 fully saturated rings. The average molecular weight is 442 g/mol. The van der Waals surface area contributed by atoms with Gasteiger partial charge in [0.05, 0.1) is 19.1 Å². The van der Waals surface area contributed by atoms with E-state index in [1.807, 2.05) is 30.3 Å². The van der Waals surface area contributed by atoms with Crippen LogP contribution in [0.1, 0.15) is 30.1 Å². The van der Waals surface area contributed by atoms with Crippen LogP contribution in [0.5, 0.6) is 0 Å². The van der Waals surface area contributed by atoms with Gasteiger partial charge in [0.2, 0.25) is 5.91 Å². The van der Waals surface area contributed by atoms with E-state index in [-0.39, 0.29) is 30.2 Å². The summed E-state index contributed by atoms with van der Waals surface area (Å²) in [5.74, 6) is -0.926. The summed E-state index contributed by atoms with van der Waals surface area (Å²) in [4.78, 5) is 45.8. The number of esters is 1. The molecule has 0 bridgehead atoms. The van der Waals surface area contributed by atoms with E-state index in [0.717, 1.165) is 22.8 Å². The van der Waals surface area contributed by atoms with Gasteiger partial charge in [-0.05, 0) is 56.2 Å². The Hall–Kier alpha value is -2.87. The third kappa shape index (κ3) is 6.30. The quantitative estimate of drug-likeness (QED) is 0.615. The van der Waals surface area contributed by atoms with Crippen LogP contribution in [0.4, 0.5) is 0 Å². The maximum absolute atomic E-state index is 12.8. The standard InChI is InChI=1S/C23H27N3O4S/c1-3-30-23(29)18-7-6-14-26(15-18)21(27)16-25(2)22(28)17-9-11-19(12-10-17)31-20-8-4-5-13-24-20/h4-5,8-13,18H,3,6-7,14-16H2,1-2H3. The summed E-state index contributed by atoms with van der Waals surface area (Å²) in [7, 11) is 1.61. The maximum atomic E-state index is 12.8. The zero-order chi connectivity index (χ0) is 22.2. The minimum absolute atomic E-state index is 0.0290. The second-order valence-corrected chi connectivity index (χ2v) is 8.48. The summed E-state index contributed by atoms with van der Waals surface area (Å²) in [6.45, 7) is 3.02. The van der Waals surface area contributed by atoms with Crippen molar-refractivity contribution in [2.24, 2.45) is 5.92 Å². The maximum Gasteiger partial charge on any atom is 0.310 e. The summed E-state index contributed by atoms with van der Waals surface area (Å²) in [5, 5.41) is 0.881. The first-order valence-electron chi connectivity index (χ1n) is 10.4. The largest absolute Gasteiger partial charge is 0.466 e. The summed E-state index contributed by atoms with van der Waals surface area (Å²) in [6, 6.07) is 13.0. The average Bonchev–Trinajstić information content (AvgIpc) is 2.80. The molecular weight excluding hydrogens is 414 g/mol. The van der Waals surface area contributed by atoms with Crippen molar-refractivity contribution in [2.75, 3.05) is 33.3 Å². The van der Waals surface area contributed by atoms with Crippen LogP contribution in [-0.2, 0) is 14.3 Å². The van der Waals surface area contributed by atoms with Gasteiger partial charge in [-0.2, -0.15) is 0 Å². The third-order valence-corrected chi connectivity index (χ3v) is 6.03. The van der Waals surface area contributed by atoms with E-state index < -0.39 is 0 Å². The van der Waals surface area contributed by atoms with E-state index in [2.05, 4.69) is 4.98 Å². The molecule has 2 amide bonds. The molecule has 3 rings (SSSR count). The summed E-state index contributed by atoms with van der Waals surface area (Å²) >= 11 is 1.52. The summed E-state index contributed by atoms with van der Waals surface area (Å²) < 4.78 is 5.09. The second kappa shape index (κ2) is 10.9. The number of pyridine rings is 1. The van der Waals surface area contributed by atoms with Gasteiger partial charge in [0.25, 0.3) is 5.91 Å². The Morgan fingerprint density at radius 2 is 1.97 bits per heavy atom. The molecule has 8 heteroatoms. The Morgan fingerprint density at radius 3 is 2.65 bits per heavy atom. The number of amides is 2. The van der Waals surface area contributed by atoms with Crippen molar-refractivity contribution in [3.8, 4) is 0 Å². The lowest BCUT2D eigenvalue weighted by atomic mass is 9.98. The molecule has 164 valence electrons. The van der Waals surface area contributed by atoms with Crippen molar-refractivity contribution in [1.29, 1.82) is 0 Å². The van der Waals surface area contributed by atoms with Crippen molar-refractivity contribution >= 4 is 29.5 Å². The molecule has 0 spiro atoms. The molecule has 7 nitrogen and oxygen atoms in total. The molecule has 1 unspecified atom stereocenters. The Bertz CT molecular complexity index is 905. The Morgan fingerprint density at radius 1 is 1.19 bits per heavy atom. The van der Waals surface area contributed by atoms with Gasteiger partial charge in [-0.3, -0.25) is 14.4 Å². The number of aromatic nitrogens is 1. The number of ether oxygens (including phenoxy) is 1. The van der Waals surface area contributed by atoms with Gasteiger partial charge < -0.3 is 14.5 Å². The van der Waals surface area contributed by atoms with Crippen LogP contribution >= 0.6 is 11.8 Å². The van der Waals surface area contributed by atoms with Crippen molar-refractivity contribution in [3.63, 3.8) is 0 Å². The lowest BCUT2D eigenvalue weighted by molar-refractivity contribution is -0.151. The van der Waals surface area contributed by atoms with Crippen molar-refractivity contribution in [1.82, 2.24) is 14.8 Å². The fourth-order valence-electron chi connectivity index (χ4n) is 3.45. The van der Waals surface area contributed by atoms with Gasteiger partial charge in [0, 0.05) is 36.8 Å². The molecule has 0 saturated carbocycles. The molecule has 1 saturated heterocycles. The zero-order valence-electron chi connectivity index (χ0n) is 17.8. The van der Waals surface area contributed by atoms with Gasteiger partial charge >= 0.3 is 5.97 Å². The molecular formula is C23H27N3O4S. The van der Waals surface area contributed by atoms with Crippen LogP contribution < -0.4 is 0 Å². The smallest absolute Gasteiger partial charge is 0.310 e. The highest BCUT2D eigenvalue weighted by Gasteiger charge is 2.30. The van der Waals surface area contributed by atoms with E-state index in [1.165, 1.54) is 16.7 Å². The number of carbonyl (C=O) groups is 3. The number of rotatable bonds is 7. The van der Waals surface area contributed by atoms with E-state index in [4.69, 9.17) is 4.74 Å². The number of carbonyl (C=O) groups excluding carboxylic acids is 3. The summed E-state index contributed by atoms with van der Waals surface area (Å²) in [6.07, 6.45) is 3.21. The van der Waals surface area contributed by atoms with Gasteiger partial charge in [0.1, 0.15) is 5.03 Å². The van der Waals surface area contributed by atoms with Crippen LogP contribution in [-0.4, -0.2) is 65.9 Å². The lowest BCUT2D eigenvalue weighted by Gasteiger charge is -2.32. The minimum Gasteiger partial charge on any atom is -0.466 e. The molecule has 2 heterocycles. The number of nitrogens with zero attached hydrogens (tertiary/aromatic N) is 3. The minimum atomic E-state index is -0.289. The lowest BCUT2D eigenvalue weighted by Crippen LogP contribution is -2.47. The highest BCUT2D eigenvalue weighted by molar-refractivity contribution is 7.99. The SMILES string of the molecule is CCOC(=O)C1CCCN(C(=O)CN(C)C(=O)c2ccc(Sc3ccccn3)cc2)C1. The Kier molecular flexibility index (Phi) is 8.06. The van der Waals surface area contributed by atoms with Crippen molar-refractivity contribution in [3.05, 3.63) is 54.2 Å². The molecule has 0 aliphatic carbocycles. The van der Waals surface area contributed by atoms with E-state index in [9.17, 15) is 14.4 Å². The number of hydrogen-bond donors (Lipinski definition) is 0. The number of piperidine rings is 1. The number of benzene rings is 1. The molecule has 0 radical (unpaired) electrons. The summed E-state index contributed by atoms with van der Waals surface area (Å²) in [5.41, 5.74) is 0.517. The first-order chi connectivity index (χ1) is 15.0. The van der Waals surface area contributed by atoms with Crippen LogP contribution in [0, 0.1) is 5.92 Å². The molecule has 1 atom stereocenters. The first-order valence-corrected chi connectivity index (χ1v) is 11.2. The normalized spacial score (nSPS) is 15.9. The van der Waals surface area contributed by atoms with Gasteiger partial charge in [-0.25, -0.2) is 4.98 Å². The van der Waals surface area contributed by atoms with E-state index >= 15 is 0 Å². The zero-order valence-corrected chi connectivity index (χ0v) is 18.6.